The predicted molar refractivity (Wildman–Crippen MR) is 128 cm³/mol. The van der Waals surface area contributed by atoms with E-state index in [1.807, 2.05) is 49.4 Å². The summed E-state index contributed by atoms with van der Waals surface area (Å²) in [7, 11) is 0. The van der Waals surface area contributed by atoms with Crippen LogP contribution in [0.4, 0.5) is 9.59 Å². The highest BCUT2D eigenvalue weighted by Gasteiger charge is 2.38. The van der Waals surface area contributed by atoms with Crippen LogP contribution in [0.5, 0.6) is 0 Å². The third-order valence-corrected chi connectivity index (χ3v) is 6.34. The number of amides is 4. The minimum Gasteiger partial charge on any atom is -0.463 e. The summed E-state index contributed by atoms with van der Waals surface area (Å²) >= 11 is 1.52. The van der Waals surface area contributed by atoms with Crippen molar-refractivity contribution in [3.05, 3.63) is 33.7 Å². The van der Waals surface area contributed by atoms with E-state index in [0.29, 0.717) is 50.5 Å². The van der Waals surface area contributed by atoms with Gasteiger partial charge in [0, 0.05) is 50.5 Å². The fourth-order valence-corrected chi connectivity index (χ4v) is 4.75. The van der Waals surface area contributed by atoms with E-state index in [-0.39, 0.29) is 24.2 Å². The molecule has 33 heavy (non-hydrogen) atoms. The Morgan fingerprint density at radius 2 is 1.91 bits per heavy atom. The molecule has 1 aromatic heterocycles. The largest absolute Gasteiger partial charge is 0.463 e. The average molecular weight is 478 g/mol. The summed E-state index contributed by atoms with van der Waals surface area (Å²) < 4.78 is 5.40. The summed E-state index contributed by atoms with van der Waals surface area (Å²) in [6, 6.07) is 1.08. The number of esters is 1. The van der Waals surface area contributed by atoms with Crippen molar-refractivity contribution in [3.63, 3.8) is 0 Å². The summed E-state index contributed by atoms with van der Waals surface area (Å²) in [5.74, 6) is -0.412. The molecule has 2 N–H and O–H groups in total. The lowest BCUT2D eigenvalue weighted by atomic mass is 9.96. The molecule has 3 heterocycles. The first-order valence-corrected chi connectivity index (χ1v) is 12.4. The monoisotopic (exact) mass is 477 g/mol. The molecule has 0 aliphatic carbocycles. The molecule has 2 aliphatic rings. The lowest BCUT2D eigenvalue weighted by Crippen LogP contribution is -2.56. The zero-order chi connectivity index (χ0) is 24.2. The molecular formula is C23H35N5O4S. The summed E-state index contributed by atoms with van der Waals surface area (Å²) in [4.78, 5) is 44.1. The Bertz CT molecular complexity index is 885. The van der Waals surface area contributed by atoms with Gasteiger partial charge in [-0.25, -0.2) is 14.4 Å². The van der Waals surface area contributed by atoms with Crippen LogP contribution in [0, 0.1) is 0 Å². The first-order chi connectivity index (χ1) is 15.6. The van der Waals surface area contributed by atoms with Crippen molar-refractivity contribution in [3.8, 4) is 0 Å². The lowest BCUT2D eigenvalue weighted by molar-refractivity contribution is -0.139. The molecule has 182 valence electrons. The number of nitrogens with one attached hydrogen (secondary N) is 2. The number of urea groups is 2. The maximum atomic E-state index is 13.1. The fourth-order valence-electron chi connectivity index (χ4n) is 4.07. The molecule has 1 saturated heterocycles. The van der Waals surface area contributed by atoms with Crippen molar-refractivity contribution in [2.24, 2.45) is 0 Å². The normalized spacial score (nSPS) is 20.0. The number of likely N-dealkylation sites (N-methyl/N-ethyl adjacent to an activating group) is 1. The van der Waals surface area contributed by atoms with Gasteiger partial charge in [0.1, 0.15) is 0 Å². The Balaban J connectivity index is 1.84. The van der Waals surface area contributed by atoms with Gasteiger partial charge in [0.25, 0.3) is 0 Å². The smallest absolute Gasteiger partial charge is 0.338 e. The first-order valence-electron chi connectivity index (χ1n) is 11.4. The van der Waals surface area contributed by atoms with Crippen molar-refractivity contribution in [1.29, 1.82) is 0 Å². The van der Waals surface area contributed by atoms with Gasteiger partial charge in [-0.3, -0.25) is 9.80 Å². The van der Waals surface area contributed by atoms with Gasteiger partial charge < -0.3 is 20.3 Å². The number of piperazine rings is 1. The maximum Gasteiger partial charge on any atom is 0.338 e. The van der Waals surface area contributed by atoms with Crippen molar-refractivity contribution in [1.82, 2.24) is 25.3 Å². The average Bonchev–Trinajstić information content (AvgIpc) is 3.28. The van der Waals surface area contributed by atoms with Gasteiger partial charge in [0.15, 0.2) is 0 Å². The van der Waals surface area contributed by atoms with Crippen LogP contribution in [0.3, 0.4) is 0 Å². The number of nitrogens with zero attached hydrogens (tertiary/aromatic N) is 3. The van der Waals surface area contributed by atoms with Crippen LogP contribution in [0.25, 0.3) is 0 Å². The Labute approximate surface area is 199 Å². The molecule has 0 aromatic carbocycles. The molecule has 0 bridgehead atoms. The van der Waals surface area contributed by atoms with Gasteiger partial charge in [-0.05, 0) is 57.0 Å². The number of hydrogen-bond acceptors (Lipinski definition) is 6. The molecule has 4 amide bonds. The number of thiophene rings is 1. The standard InChI is InChI=1S/C23H35N5O4S/c1-6-28-17(14-26-9-11-27(12-10-26)22(31)25-23(3,4)5)18(20(29)32-7-2)19(24-21(28)30)16-8-13-33-15-16/h8,13,15,19H,6-7,9-12,14H2,1-5H3,(H,24,30)(H,25,31). The SMILES string of the molecule is CCOC(=O)C1=C(CN2CCN(C(=O)NC(C)(C)C)CC2)N(CC)C(=O)NC1c1ccsc1. The Kier molecular flexibility index (Phi) is 8.01. The lowest BCUT2D eigenvalue weighted by Gasteiger charge is -2.40. The highest BCUT2D eigenvalue weighted by Crippen LogP contribution is 2.33. The van der Waals surface area contributed by atoms with Gasteiger partial charge in [0.05, 0.1) is 18.2 Å². The third kappa shape index (κ3) is 6.05. The molecule has 2 aliphatic heterocycles. The second-order valence-electron chi connectivity index (χ2n) is 9.21. The molecule has 1 fully saturated rings. The van der Waals surface area contributed by atoms with Crippen LogP contribution in [-0.4, -0.2) is 84.1 Å². The van der Waals surface area contributed by atoms with Crippen molar-refractivity contribution in [2.45, 2.75) is 46.2 Å². The molecular weight excluding hydrogens is 442 g/mol. The second-order valence-corrected chi connectivity index (χ2v) is 9.99. The second kappa shape index (κ2) is 10.6. The van der Waals surface area contributed by atoms with Gasteiger partial charge in [-0.1, -0.05) is 0 Å². The third-order valence-electron chi connectivity index (χ3n) is 5.64. The number of carbonyl (C=O) groups is 3. The zero-order valence-electron chi connectivity index (χ0n) is 20.1. The van der Waals surface area contributed by atoms with E-state index >= 15 is 0 Å². The minimum atomic E-state index is -0.542. The molecule has 0 radical (unpaired) electrons. The molecule has 1 unspecified atom stereocenters. The molecule has 1 aromatic rings. The molecule has 9 nitrogen and oxygen atoms in total. The predicted octanol–water partition coefficient (Wildman–Crippen LogP) is 2.78. The zero-order valence-corrected chi connectivity index (χ0v) is 21.0. The van der Waals surface area contributed by atoms with Crippen LogP contribution in [0.1, 0.15) is 46.2 Å². The van der Waals surface area contributed by atoms with Crippen LogP contribution < -0.4 is 10.6 Å². The van der Waals surface area contributed by atoms with E-state index in [0.717, 1.165) is 5.56 Å². The van der Waals surface area contributed by atoms with Crippen molar-refractivity contribution >= 4 is 29.4 Å². The molecule has 1 atom stereocenters. The van der Waals surface area contributed by atoms with Gasteiger partial charge in [-0.15, -0.1) is 0 Å². The Hall–Kier alpha value is -2.59. The number of rotatable bonds is 6. The summed E-state index contributed by atoms with van der Waals surface area (Å²) in [6.07, 6.45) is 0. The fraction of sp³-hybridized carbons (Fsp3) is 0.609. The van der Waals surface area contributed by atoms with Crippen molar-refractivity contribution in [2.75, 3.05) is 45.9 Å². The summed E-state index contributed by atoms with van der Waals surface area (Å²) in [6.45, 7) is 13.1. The van der Waals surface area contributed by atoms with E-state index in [2.05, 4.69) is 15.5 Å². The van der Waals surface area contributed by atoms with Crippen LogP contribution in [0.2, 0.25) is 0 Å². The highest BCUT2D eigenvalue weighted by atomic mass is 32.1. The van der Waals surface area contributed by atoms with E-state index in [1.54, 1.807) is 11.8 Å². The number of carbonyl (C=O) groups excluding carboxylic acids is 3. The van der Waals surface area contributed by atoms with Crippen LogP contribution in [-0.2, 0) is 9.53 Å². The number of hydrogen-bond donors (Lipinski definition) is 2. The quantitative estimate of drug-likeness (QED) is 0.615. The topological polar surface area (TPSA) is 94.2 Å². The molecule has 0 saturated carbocycles. The maximum absolute atomic E-state index is 13.1. The minimum absolute atomic E-state index is 0.0710. The summed E-state index contributed by atoms with van der Waals surface area (Å²) in [5.41, 5.74) is 1.72. The molecule has 3 rings (SSSR count). The van der Waals surface area contributed by atoms with Gasteiger partial charge in [0.2, 0.25) is 0 Å². The highest BCUT2D eigenvalue weighted by molar-refractivity contribution is 7.08. The van der Waals surface area contributed by atoms with Crippen LogP contribution in [0.15, 0.2) is 28.1 Å². The van der Waals surface area contributed by atoms with E-state index in [9.17, 15) is 14.4 Å². The van der Waals surface area contributed by atoms with E-state index in [1.165, 1.54) is 11.3 Å². The first kappa shape index (κ1) is 25.0. The van der Waals surface area contributed by atoms with Gasteiger partial charge in [-0.2, -0.15) is 11.3 Å². The summed E-state index contributed by atoms with van der Waals surface area (Å²) in [5, 5.41) is 9.85. The Morgan fingerprint density at radius 1 is 1.21 bits per heavy atom. The molecule has 10 heteroatoms. The van der Waals surface area contributed by atoms with Gasteiger partial charge >= 0.3 is 18.0 Å². The van der Waals surface area contributed by atoms with Crippen LogP contribution >= 0.6 is 11.3 Å². The van der Waals surface area contributed by atoms with E-state index < -0.39 is 12.0 Å². The van der Waals surface area contributed by atoms with E-state index in [4.69, 9.17) is 4.74 Å². The Morgan fingerprint density at radius 3 is 2.45 bits per heavy atom. The van der Waals surface area contributed by atoms with Crippen molar-refractivity contribution < 1.29 is 19.1 Å². The number of ether oxygens (including phenoxy) is 1. The molecule has 0 spiro atoms.